The minimum atomic E-state index is -0.585. The lowest BCUT2D eigenvalue weighted by molar-refractivity contribution is -0.113. The van der Waals surface area contributed by atoms with Crippen molar-refractivity contribution in [1.29, 1.82) is 5.26 Å². The summed E-state index contributed by atoms with van der Waals surface area (Å²) in [5.41, 5.74) is 1.17. The maximum Gasteiger partial charge on any atom is 0.270 e. The Balaban J connectivity index is 0.00000363. The van der Waals surface area contributed by atoms with Gasteiger partial charge in [0.15, 0.2) is 10.9 Å². The number of ketones is 1. The summed E-state index contributed by atoms with van der Waals surface area (Å²) in [6.07, 6.45) is 0. The van der Waals surface area contributed by atoms with Gasteiger partial charge in [0, 0.05) is 16.8 Å². The zero-order valence-corrected chi connectivity index (χ0v) is 18.8. The van der Waals surface area contributed by atoms with Crippen LogP contribution in [0.15, 0.2) is 58.5 Å². The number of nitrogens with zero attached hydrogens (tertiary/aromatic N) is 2. The van der Waals surface area contributed by atoms with Crippen LogP contribution in [0.4, 0.5) is 5.69 Å². The van der Waals surface area contributed by atoms with Crippen LogP contribution in [0.25, 0.3) is 11.3 Å². The number of hydrogen-bond donors (Lipinski definition) is 2. The van der Waals surface area contributed by atoms with Crippen LogP contribution in [0, 0.1) is 11.3 Å². The molecule has 1 aromatic heterocycles. The van der Waals surface area contributed by atoms with Gasteiger partial charge in [-0.1, -0.05) is 23.9 Å². The van der Waals surface area contributed by atoms with Gasteiger partial charge < -0.3 is 15.0 Å². The SMILES string of the molecule is COc1cccc(-c2nc(SCC(=O)Nc3ccc(C(C)=O)cc3)[nH]c(=O)c2C#N)c1.Cl. The highest BCUT2D eigenvalue weighted by molar-refractivity contribution is 7.99. The fraction of sp³-hybridized carbons (Fsp3) is 0.136. The van der Waals surface area contributed by atoms with E-state index in [0.29, 0.717) is 22.6 Å². The van der Waals surface area contributed by atoms with Gasteiger partial charge >= 0.3 is 0 Å². The quantitative estimate of drug-likeness (QED) is 0.306. The number of carbonyl (C=O) groups is 2. The van der Waals surface area contributed by atoms with Gasteiger partial charge in [0.2, 0.25) is 5.91 Å². The molecule has 0 atom stereocenters. The molecule has 1 heterocycles. The van der Waals surface area contributed by atoms with Gasteiger partial charge in [0.25, 0.3) is 5.56 Å². The van der Waals surface area contributed by atoms with Crippen LogP contribution in [-0.2, 0) is 4.79 Å². The number of amides is 1. The van der Waals surface area contributed by atoms with Crippen LogP contribution in [0.2, 0.25) is 0 Å². The summed E-state index contributed by atoms with van der Waals surface area (Å²) in [6, 6.07) is 15.3. The Bertz CT molecular complexity index is 1240. The van der Waals surface area contributed by atoms with Crippen molar-refractivity contribution in [3.8, 4) is 23.1 Å². The van der Waals surface area contributed by atoms with Crippen molar-refractivity contribution in [3.05, 3.63) is 70.0 Å². The van der Waals surface area contributed by atoms with E-state index in [1.807, 2.05) is 6.07 Å². The molecule has 0 saturated heterocycles. The van der Waals surface area contributed by atoms with E-state index < -0.39 is 5.56 Å². The number of nitriles is 1. The first-order valence-corrected chi connectivity index (χ1v) is 10.1. The first-order valence-electron chi connectivity index (χ1n) is 9.13. The number of carbonyl (C=O) groups excluding carboxylic acids is 2. The normalized spacial score (nSPS) is 9.91. The molecule has 0 radical (unpaired) electrons. The number of benzene rings is 2. The van der Waals surface area contributed by atoms with Crippen LogP contribution in [0.5, 0.6) is 5.75 Å². The highest BCUT2D eigenvalue weighted by Crippen LogP contribution is 2.25. The van der Waals surface area contributed by atoms with Crippen molar-refractivity contribution in [1.82, 2.24) is 9.97 Å². The second kappa shape index (κ2) is 11.1. The molecule has 0 aliphatic carbocycles. The highest BCUT2D eigenvalue weighted by Gasteiger charge is 2.15. The third-order valence-electron chi connectivity index (χ3n) is 4.27. The van der Waals surface area contributed by atoms with E-state index in [-0.39, 0.29) is 46.3 Å². The van der Waals surface area contributed by atoms with Crippen LogP contribution in [0.1, 0.15) is 22.8 Å². The van der Waals surface area contributed by atoms with Gasteiger partial charge in [-0.05, 0) is 43.3 Å². The third-order valence-corrected chi connectivity index (χ3v) is 5.14. The predicted octanol–water partition coefficient (Wildman–Crippen LogP) is 3.67. The second-order valence-electron chi connectivity index (χ2n) is 6.41. The molecule has 0 aliphatic heterocycles. The number of anilines is 1. The zero-order chi connectivity index (χ0) is 22.4. The Morgan fingerprint density at radius 2 is 1.94 bits per heavy atom. The number of rotatable bonds is 7. The molecule has 2 N–H and O–H groups in total. The Labute approximate surface area is 194 Å². The molecule has 10 heteroatoms. The Hall–Kier alpha value is -3.61. The Kier molecular flexibility index (Phi) is 8.58. The predicted molar refractivity (Wildman–Crippen MR) is 125 cm³/mol. The lowest BCUT2D eigenvalue weighted by atomic mass is 10.1. The monoisotopic (exact) mass is 470 g/mol. The summed E-state index contributed by atoms with van der Waals surface area (Å²) < 4.78 is 5.19. The first kappa shape index (κ1) is 24.7. The van der Waals surface area contributed by atoms with E-state index >= 15 is 0 Å². The second-order valence-corrected chi connectivity index (χ2v) is 7.37. The molecule has 0 unspecified atom stereocenters. The van der Waals surface area contributed by atoms with Crippen molar-refractivity contribution in [2.45, 2.75) is 12.1 Å². The molecule has 0 bridgehead atoms. The third kappa shape index (κ3) is 5.97. The average Bonchev–Trinajstić information content (AvgIpc) is 2.77. The van der Waals surface area contributed by atoms with Crippen LogP contribution >= 0.6 is 24.2 Å². The topological polar surface area (TPSA) is 125 Å². The van der Waals surface area contributed by atoms with Crippen molar-refractivity contribution < 1.29 is 14.3 Å². The molecule has 2 aromatic carbocycles. The number of hydrogen-bond acceptors (Lipinski definition) is 7. The molecule has 0 spiro atoms. The van der Waals surface area contributed by atoms with Crippen LogP contribution in [0.3, 0.4) is 0 Å². The van der Waals surface area contributed by atoms with E-state index in [1.165, 1.54) is 14.0 Å². The number of methoxy groups -OCH3 is 1. The summed E-state index contributed by atoms with van der Waals surface area (Å²) in [5.74, 6) is 0.181. The molecule has 32 heavy (non-hydrogen) atoms. The maximum absolute atomic E-state index is 12.4. The molecule has 164 valence electrons. The summed E-state index contributed by atoms with van der Waals surface area (Å²) >= 11 is 1.03. The molecule has 1 amide bonds. The number of halogens is 1. The number of aromatic nitrogens is 2. The van der Waals surface area contributed by atoms with E-state index in [1.54, 1.807) is 48.5 Å². The minimum Gasteiger partial charge on any atom is -0.497 e. The standard InChI is InChI=1S/C22H18N4O4S.ClH/c1-13(27)14-6-8-16(9-7-14)24-19(28)12-31-22-25-20(18(11-23)21(29)26-22)15-4-3-5-17(10-15)30-2;/h3-10H,12H2,1-2H3,(H,24,28)(H,25,26,29);1H. The van der Waals surface area contributed by atoms with Crippen molar-refractivity contribution in [3.63, 3.8) is 0 Å². The molecule has 0 aliphatic rings. The number of thioether (sulfide) groups is 1. The van der Waals surface area contributed by atoms with Gasteiger partial charge in [-0.25, -0.2) is 4.98 Å². The molecule has 3 aromatic rings. The number of Topliss-reactive ketones (excluding diaryl/α,β-unsaturated/α-hetero) is 1. The summed E-state index contributed by atoms with van der Waals surface area (Å²) in [6.45, 7) is 1.47. The number of ether oxygens (including phenoxy) is 1. The van der Waals surface area contributed by atoms with Gasteiger partial charge in [0.1, 0.15) is 17.4 Å². The lowest BCUT2D eigenvalue weighted by Gasteiger charge is -2.08. The number of aromatic amines is 1. The Morgan fingerprint density at radius 1 is 1.22 bits per heavy atom. The van der Waals surface area contributed by atoms with Gasteiger partial charge in [0.05, 0.1) is 18.6 Å². The van der Waals surface area contributed by atoms with Crippen molar-refractivity contribution in [2.24, 2.45) is 0 Å². The molecule has 8 nitrogen and oxygen atoms in total. The summed E-state index contributed by atoms with van der Waals surface area (Å²) in [5, 5.41) is 12.3. The number of nitrogens with one attached hydrogen (secondary N) is 2. The lowest BCUT2D eigenvalue weighted by Crippen LogP contribution is -2.17. The van der Waals surface area contributed by atoms with E-state index in [4.69, 9.17) is 4.74 Å². The van der Waals surface area contributed by atoms with Gasteiger partial charge in [-0.2, -0.15) is 5.26 Å². The van der Waals surface area contributed by atoms with Gasteiger partial charge in [-0.3, -0.25) is 14.4 Å². The molecule has 3 rings (SSSR count). The number of H-pyrrole nitrogens is 1. The van der Waals surface area contributed by atoms with Gasteiger partial charge in [-0.15, -0.1) is 12.4 Å². The maximum atomic E-state index is 12.4. The summed E-state index contributed by atoms with van der Waals surface area (Å²) in [4.78, 5) is 42.8. The fourth-order valence-corrected chi connectivity index (χ4v) is 3.38. The molecular formula is C22H19ClN4O4S. The average molecular weight is 471 g/mol. The zero-order valence-electron chi connectivity index (χ0n) is 17.2. The van der Waals surface area contributed by atoms with Crippen molar-refractivity contribution >= 4 is 41.5 Å². The molecule has 0 saturated carbocycles. The molecular weight excluding hydrogens is 452 g/mol. The molecule has 0 fully saturated rings. The minimum absolute atomic E-state index is 0. The highest BCUT2D eigenvalue weighted by atomic mass is 35.5. The first-order chi connectivity index (χ1) is 14.9. The van der Waals surface area contributed by atoms with Crippen molar-refractivity contribution in [2.75, 3.05) is 18.2 Å². The van der Waals surface area contributed by atoms with E-state index in [9.17, 15) is 19.6 Å². The Morgan fingerprint density at radius 3 is 2.56 bits per heavy atom. The van der Waals surface area contributed by atoms with E-state index in [2.05, 4.69) is 15.3 Å². The van der Waals surface area contributed by atoms with Crippen LogP contribution in [-0.4, -0.2) is 34.5 Å². The summed E-state index contributed by atoms with van der Waals surface area (Å²) in [7, 11) is 1.52. The largest absolute Gasteiger partial charge is 0.497 e. The van der Waals surface area contributed by atoms with E-state index in [0.717, 1.165) is 11.8 Å². The smallest absolute Gasteiger partial charge is 0.270 e. The fourth-order valence-electron chi connectivity index (χ4n) is 2.72. The van der Waals surface area contributed by atoms with Crippen LogP contribution < -0.4 is 15.6 Å².